The van der Waals surface area contributed by atoms with Crippen LogP contribution in [0.3, 0.4) is 0 Å². The minimum absolute atomic E-state index is 0.139. The Bertz CT molecular complexity index is 356. The second-order valence-electron chi connectivity index (χ2n) is 4.27. The molecule has 1 rings (SSSR count). The molecule has 0 aromatic heterocycles. The Morgan fingerprint density at radius 2 is 1.88 bits per heavy atom. The van der Waals surface area contributed by atoms with Gasteiger partial charge in [0, 0.05) is 0 Å². The van der Waals surface area contributed by atoms with E-state index in [1.54, 1.807) is 19.1 Å². The fourth-order valence-electron chi connectivity index (χ4n) is 1.72. The Labute approximate surface area is 95.7 Å². The van der Waals surface area contributed by atoms with Gasteiger partial charge in [-0.25, -0.2) is 9.90 Å². The lowest BCUT2D eigenvalue weighted by molar-refractivity contribution is -0.150. The number of rotatable bonds is 5. The number of hydrogen-bond donors (Lipinski definition) is 1. The van der Waals surface area contributed by atoms with Crippen molar-refractivity contribution in [3.8, 4) is 5.75 Å². The van der Waals surface area contributed by atoms with Crippen LogP contribution in [0.4, 0.5) is 0 Å². The zero-order valence-electron chi connectivity index (χ0n) is 9.69. The zero-order chi connectivity index (χ0) is 12.2. The summed E-state index contributed by atoms with van der Waals surface area (Å²) in [5.41, 5.74) is -0.289. The Morgan fingerprint density at radius 3 is 2.31 bits per heavy atom. The van der Waals surface area contributed by atoms with Crippen molar-refractivity contribution in [2.24, 2.45) is 0 Å². The summed E-state index contributed by atoms with van der Waals surface area (Å²) in [7, 11) is 0. The van der Waals surface area contributed by atoms with Gasteiger partial charge in [0.25, 0.3) is 0 Å². The van der Waals surface area contributed by atoms with E-state index in [9.17, 15) is 15.0 Å². The van der Waals surface area contributed by atoms with E-state index in [-0.39, 0.29) is 5.75 Å². The topological polar surface area (TPSA) is 57.2 Å². The molecule has 0 heterocycles. The Morgan fingerprint density at radius 1 is 1.31 bits per heavy atom. The maximum atomic E-state index is 11.2. The Hall–Kier alpha value is -1.51. The highest BCUT2D eigenvalue weighted by atomic mass is 16.4. The predicted molar refractivity (Wildman–Crippen MR) is 60.7 cm³/mol. The third kappa shape index (κ3) is 2.54. The van der Waals surface area contributed by atoms with Crippen molar-refractivity contribution >= 4 is 5.97 Å². The van der Waals surface area contributed by atoms with E-state index in [1.807, 2.05) is 6.92 Å². The van der Waals surface area contributed by atoms with E-state index in [0.29, 0.717) is 12.0 Å². The average molecular weight is 221 g/mol. The number of aromatic hydroxyl groups is 1. The normalized spacial score (nSPS) is 14.4. The second kappa shape index (κ2) is 5.01. The monoisotopic (exact) mass is 221 g/mol. The third-order valence-corrected chi connectivity index (χ3v) is 2.99. The lowest BCUT2D eigenvalue weighted by Gasteiger charge is -2.23. The number of hydrogen-bond acceptors (Lipinski definition) is 2. The molecule has 16 heavy (non-hydrogen) atoms. The van der Waals surface area contributed by atoms with Gasteiger partial charge in [-0.3, -0.25) is 0 Å². The van der Waals surface area contributed by atoms with E-state index in [1.165, 1.54) is 12.1 Å². The number of phenolic OH excluding ortho intramolecular Hbond substituents is 1. The molecule has 1 aromatic carbocycles. The van der Waals surface area contributed by atoms with Gasteiger partial charge in [0.1, 0.15) is 5.75 Å². The highest BCUT2D eigenvalue weighted by molar-refractivity contribution is 5.80. The molecule has 0 bridgehead atoms. The minimum Gasteiger partial charge on any atom is -0.508 e. The van der Waals surface area contributed by atoms with Crippen LogP contribution < -0.4 is 0 Å². The quantitative estimate of drug-likeness (QED) is 0.831. The summed E-state index contributed by atoms with van der Waals surface area (Å²) in [4.78, 5) is 11.2. The third-order valence-electron chi connectivity index (χ3n) is 2.99. The lowest BCUT2D eigenvalue weighted by atomic mass is 9.78. The van der Waals surface area contributed by atoms with Gasteiger partial charge in [-0.05, 0) is 31.0 Å². The van der Waals surface area contributed by atoms with Crippen LogP contribution in [0, 0.1) is 0 Å². The van der Waals surface area contributed by atoms with Crippen LogP contribution in [-0.4, -0.2) is 11.1 Å². The number of benzene rings is 1. The first kappa shape index (κ1) is 12.6. The average Bonchev–Trinajstić information content (AvgIpc) is 2.26. The molecule has 1 unspecified atom stereocenters. The summed E-state index contributed by atoms with van der Waals surface area (Å²) >= 11 is 0. The zero-order valence-corrected chi connectivity index (χ0v) is 9.69. The Balaban J connectivity index is 3.01. The molecular formula is C13H17O3. The van der Waals surface area contributed by atoms with Crippen molar-refractivity contribution in [3.63, 3.8) is 0 Å². The first-order chi connectivity index (χ1) is 7.50. The van der Waals surface area contributed by atoms with Crippen molar-refractivity contribution in [2.75, 3.05) is 0 Å². The molecule has 0 fully saturated rings. The molecule has 0 aliphatic heterocycles. The van der Waals surface area contributed by atoms with Crippen LogP contribution >= 0.6 is 0 Å². The molecule has 0 amide bonds. The molecule has 0 saturated heterocycles. The van der Waals surface area contributed by atoms with E-state index in [2.05, 4.69) is 0 Å². The smallest absolute Gasteiger partial charge is 0.365 e. The van der Waals surface area contributed by atoms with Gasteiger partial charge in [0.2, 0.25) is 0 Å². The van der Waals surface area contributed by atoms with Gasteiger partial charge in [0.05, 0.1) is 5.41 Å². The highest BCUT2D eigenvalue weighted by Crippen LogP contribution is 2.31. The van der Waals surface area contributed by atoms with Gasteiger partial charge in [-0.1, -0.05) is 31.9 Å². The molecule has 3 heteroatoms. The van der Waals surface area contributed by atoms with Crippen molar-refractivity contribution in [2.45, 2.75) is 38.5 Å². The van der Waals surface area contributed by atoms with Crippen LogP contribution in [0.15, 0.2) is 24.3 Å². The largest absolute Gasteiger partial charge is 0.508 e. The summed E-state index contributed by atoms with van der Waals surface area (Å²) in [5.74, 6) is -0.924. The van der Waals surface area contributed by atoms with Crippen LogP contribution in [0.25, 0.3) is 0 Å². The maximum absolute atomic E-state index is 11.2. The van der Waals surface area contributed by atoms with Gasteiger partial charge in [-0.2, -0.15) is 0 Å². The SMILES string of the molecule is CCCCC(C)(C([O])=O)c1ccc(O)cc1. The van der Waals surface area contributed by atoms with Crippen molar-refractivity contribution in [1.29, 1.82) is 0 Å². The maximum Gasteiger partial charge on any atom is 0.365 e. The van der Waals surface area contributed by atoms with Crippen molar-refractivity contribution in [1.82, 2.24) is 0 Å². The molecule has 3 nitrogen and oxygen atoms in total. The standard InChI is InChI=1S/C13H17O3/c1-3-4-9-13(2,12(15)16)10-5-7-11(14)8-6-10/h5-8,14H,3-4,9H2,1-2H3. The number of unbranched alkanes of at least 4 members (excludes halogenated alkanes) is 1. The number of phenols is 1. The van der Waals surface area contributed by atoms with E-state index < -0.39 is 11.4 Å². The van der Waals surface area contributed by atoms with Crippen LogP contribution in [0.2, 0.25) is 0 Å². The van der Waals surface area contributed by atoms with Gasteiger partial charge >= 0.3 is 5.97 Å². The van der Waals surface area contributed by atoms with E-state index >= 15 is 0 Å². The molecule has 0 saturated carbocycles. The van der Waals surface area contributed by atoms with Crippen molar-refractivity contribution in [3.05, 3.63) is 29.8 Å². The molecule has 1 aromatic rings. The number of carbonyl (C=O) groups excluding carboxylic acids is 1. The van der Waals surface area contributed by atoms with Gasteiger partial charge in [-0.15, -0.1) is 0 Å². The highest BCUT2D eigenvalue weighted by Gasteiger charge is 2.35. The first-order valence-electron chi connectivity index (χ1n) is 5.51. The summed E-state index contributed by atoms with van der Waals surface area (Å²) in [6, 6.07) is 6.28. The molecule has 1 N–H and O–H groups in total. The van der Waals surface area contributed by atoms with E-state index in [0.717, 1.165) is 12.8 Å². The van der Waals surface area contributed by atoms with E-state index in [4.69, 9.17) is 0 Å². The van der Waals surface area contributed by atoms with Gasteiger partial charge in [0.15, 0.2) is 0 Å². The number of carbonyl (C=O) groups is 1. The molecule has 0 aliphatic carbocycles. The molecule has 87 valence electrons. The fraction of sp³-hybridized carbons (Fsp3) is 0.462. The molecular weight excluding hydrogens is 204 g/mol. The Kier molecular flexibility index (Phi) is 3.93. The summed E-state index contributed by atoms with van der Waals surface area (Å²) < 4.78 is 0. The fourth-order valence-corrected chi connectivity index (χ4v) is 1.72. The lowest BCUT2D eigenvalue weighted by Crippen LogP contribution is -2.31. The first-order valence-corrected chi connectivity index (χ1v) is 5.51. The summed E-state index contributed by atoms with van der Waals surface area (Å²) in [5, 5.41) is 20.4. The molecule has 1 atom stereocenters. The summed E-state index contributed by atoms with van der Waals surface area (Å²) in [6.07, 6.45) is 2.34. The minimum atomic E-state index is -1.06. The van der Waals surface area contributed by atoms with Crippen LogP contribution in [0.5, 0.6) is 5.75 Å². The molecule has 1 radical (unpaired) electrons. The summed E-state index contributed by atoms with van der Waals surface area (Å²) in [6.45, 7) is 3.69. The second-order valence-corrected chi connectivity index (χ2v) is 4.27. The van der Waals surface area contributed by atoms with Crippen molar-refractivity contribution < 1.29 is 15.0 Å². The van der Waals surface area contributed by atoms with Crippen LogP contribution in [0.1, 0.15) is 38.7 Å². The predicted octanol–water partition coefficient (Wildman–Crippen LogP) is 2.80. The molecule has 0 spiro atoms. The van der Waals surface area contributed by atoms with Crippen LogP contribution in [-0.2, 0) is 15.3 Å². The van der Waals surface area contributed by atoms with Gasteiger partial charge < -0.3 is 5.11 Å². The molecule has 0 aliphatic rings.